The van der Waals surface area contributed by atoms with Crippen molar-refractivity contribution in [2.75, 3.05) is 18.5 Å². The number of nitrogens with one attached hydrogen (secondary N) is 1. The van der Waals surface area contributed by atoms with Crippen molar-refractivity contribution in [3.05, 3.63) is 115 Å². The molecule has 0 heterocycles. The van der Waals surface area contributed by atoms with Crippen LogP contribution in [-0.4, -0.2) is 19.1 Å². The number of amides is 1. The van der Waals surface area contributed by atoms with Gasteiger partial charge in [0, 0.05) is 12.1 Å². The lowest BCUT2D eigenvalue weighted by Crippen LogP contribution is -2.20. The second-order valence-electron chi connectivity index (χ2n) is 7.34. The summed E-state index contributed by atoms with van der Waals surface area (Å²) in [6, 6.07) is 35.4. The van der Waals surface area contributed by atoms with Gasteiger partial charge in [-0.25, -0.2) is 0 Å². The van der Waals surface area contributed by atoms with E-state index in [9.17, 15) is 4.79 Å². The van der Waals surface area contributed by atoms with E-state index >= 15 is 0 Å². The Morgan fingerprint density at radius 3 is 1.88 bits per heavy atom. The molecule has 0 unspecified atom stereocenters. The Kier molecular flexibility index (Phi) is 7.17. The zero-order chi connectivity index (χ0) is 22.0. The molecule has 1 N–H and O–H groups in total. The van der Waals surface area contributed by atoms with E-state index in [1.807, 2.05) is 84.9 Å². The molecular formula is C28H25NO3. The molecule has 160 valence electrons. The minimum absolute atomic E-state index is 0.0555. The summed E-state index contributed by atoms with van der Waals surface area (Å²) >= 11 is 0. The number of rotatable bonds is 9. The van der Waals surface area contributed by atoms with E-state index in [1.165, 1.54) is 5.56 Å². The first-order valence-electron chi connectivity index (χ1n) is 10.6. The fourth-order valence-electron chi connectivity index (χ4n) is 3.29. The summed E-state index contributed by atoms with van der Waals surface area (Å²) in [6.45, 7) is 0.548. The Hall–Kier alpha value is -4.05. The fraction of sp³-hybridized carbons (Fsp3) is 0.107. The second-order valence-corrected chi connectivity index (χ2v) is 7.34. The van der Waals surface area contributed by atoms with Gasteiger partial charge in [0.2, 0.25) is 0 Å². The van der Waals surface area contributed by atoms with Crippen molar-refractivity contribution in [1.82, 2.24) is 0 Å². The first kappa shape index (κ1) is 21.2. The molecule has 0 atom stereocenters. The van der Waals surface area contributed by atoms with Gasteiger partial charge in [-0.3, -0.25) is 4.79 Å². The normalized spacial score (nSPS) is 10.4. The monoisotopic (exact) mass is 423 g/mol. The van der Waals surface area contributed by atoms with Crippen LogP contribution in [0.1, 0.15) is 5.56 Å². The number of benzene rings is 4. The Balaban J connectivity index is 1.21. The summed E-state index contributed by atoms with van der Waals surface area (Å²) in [5.41, 5.74) is 4.19. The van der Waals surface area contributed by atoms with Crippen LogP contribution in [0.15, 0.2) is 109 Å². The highest BCUT2D eigenvalue weighted by atomic mass is 16.5. The van der Waals surface area contributed by atoms with Gasteiger partial charge in [0.05, 0.1) is 6.61 Å². The van der Waals surface area contributed by atoms with Crippen LogP contribution in [0.3, 0.4) is 0 Å². The summed E-state index contributed by atoms with van der Waals surface area (Å²) in [5.74, 6) is 1.21. The number of hydrogen-bond acceptors (Lipinski definition) is 3. The average molecular weight is 424 g/mol. The van der Waals surface area contributed by atoms with Crippen LogP contribution in [0, 0.1) is 0 Å². The van der Waals surface area contributed by atoms with Crippen LogP contribution < -0.4 is 14.8 Å². The van der Waals surface area contributed by atoms with Crippen molar-refractivity contribution in [2.45, 2.75) is 6.42 Å². The lowest BCUT2D eigenvalue weighted by Gasteiger charge is -2.10. The number of carbonyl (C=O) groups is 1. The van der Waals surface area contributed by atoms with Crippen molar-refractivity contribution in [3.63, 3.8) is 0 Å². The third-order valence-electron chi connectivity index (χ3n) is 4.97. The minimum Gasteiger partial charge on any atom is -0.493 e. The molecule has 4 nitrogen and oxygen atoms in total. The molecule has 0 spiro atoms. The SMILES string of the molecule is O=C(COc1ccc(-c2ccccc2)cc1)Nc1ccc(OCCc2ccccc2)cc1. The standard InChI is InChI=1S/C28H25NO3/c30-28(21-32-27-15-11-24(12-16-27)23-9-5-2-6-10-23)29-25-13-17-26(18-14-25)31-20-19-22-7-3-1-4-8-22/h1-18H,19-21H2,(H,29,30). The van der Waals surface area contributed by atoms with Gasteiger partial charge in [0.1, 0.15) is 11.5 Å². The van der Waals surface area contributed by atoms with Crippen molar-refractivity contribution >= 4 is 11.6 Å². The summed E-state index contributed by atoms with van der Waals surface area (Å²) < 4.78 is 11.4. The molecule has 0 aromatic heterocycles. The molecule has 0 saturated carbocycles. The van der Waals surface area contributed by atoms with E-state index in [2.05, 4.69) is 29.6 Å². The first-order valence-corrected chi connectivity index (χ1v) is 10.6. The van der Waals surface area contributed by atoms with E-state index in [0.29, 0.717) is 18.0 Å². The maximum Gasteiger partial charge on any atom is 0.262 e. The van der Waals surface area contributed by atoms with Crippen LogP contribution in [0.5, 0.6) is 11.5 Å². The molecule has 0 aliphatic rings. The zero-order valence-electron chi connectivity index (χ0n) is 17.7. The molecule has 32 heavy (non-hydrogen) atoms. The molecule has 0 aliphatic carbocycles. The fourth-order valence-corrected chi connectivity index (χ4v) is 3.29. The highest BCUT2D eigenvalue weighted by Crippen LogP contribution is 2.22. The molecule has 0 radical (unpaired) electrons. The zero-order valence-corrected chi connectivity index (χ0v) is 17.7. The lowest BCUT2D eigenvalue weighted by atomic mass is 10.1. The summed E-state index contributed by atoms with van der Waals surface area (Å²) in [6.07, 6.45) is 0.850. The quantitative estimate of drug-likeness (QED) is 0.360. The highest BCUT2D eigenvalue weighted by Gasteiger charge is 2.05. The number of hydrogen-bond donors (Lipinski definition) is 1. The summed E-state index contributed by atoms with van der Waals surface area (Å²) in [5, 5.41) is 2.84. The van der Waals surface area contributed by atoms with Gasteiger partial charge < -0.3 is 14.8 Å². The van der Waals surface area contributed by atoms with Gasteiger partial charge in [-0.05, 0) is 53.1 Å². The van der Waals surface area contributed by atoms with Crippen LogP contribution in [0.2, 0.25) is 0 Å². The van der Waals surface area contributed by atoms with Crippen molar-refractivity contribution < 1.29 is 14.3 Å². The van der Waals surface area contributed by atoms with E-state index in [4.69, 9.17) is 9.47 Å². The maximum absolute atomic E-state index is 12.2. The van der Waals surface area contributed by atoms with Gasteiger partial charge in [-0.15, -0.1) is 0 Å². The van der Waals surface area contributed by atoms with E-state index in [0.717, 1.165) is 23.3 Å². The van der Waals surface area contributed by atoms with E-state index < -0.39 is 0 Å². The van der Waals surface area contributed by atoms with Gasteiger partial charge in [0.15, 0.2) is 6.61 Å². The predicted octanol–water partition coefficient (Wildman–Crippen LogP) is 5.99. The molecule has 0 aliphatic heterocycles. The topological polar surface area (TPSA) is 47.6 Å². The Bertz CT molecular complexity index is 1110. The molecule has 4 rings (SSSR count). The number of ether oxygens (including phenoxy) is 2. The van der Waals surface area contributed by atoms with Crippen molar-refractivity contribution in [1.29, 1.82) is 0 Å². The third kappa shape index (κ3) is 6.22. The van der Waals surface area contributed by atoms with Gasteiger partial charge in [0.25, 0.3) is 5.91 Å². The molecule has 4 aromatic rings. The van der Waals surface area contributed by atoms with Crippen LogP contribution in [0.25, 0.3) is 11.1 Å². The Morgan fingerprint density at radius 1 is 0.625 bits per heavy atom. The van der Waals surface area contributed by atoms with Gasteiger partial charge in [-0.2, -0.15) is 0 Å². The summed E-state index contributed by atoms with van der Waals surface area (Å²) in [7, 11) is 0. The van der Waals surface area contributed by atoms with Gasteiger partial charge in [-0.1, -0.05) is 72.8 Å². The lowest BCUT2D eigenvalue weighted by molar-refractivity contribution is -0.118. The maximum atomic E-state index is 12.2. The Labute approximate surface area is 188 Å². The Morgan fingerprint density at radius 2 is 1.19 bits per heavy atom. The number of anilines is 1. The van der Waals surface area contributed by atoms with E-state index in [-0.39, 0.29) is 12.5 Å². The molecular weight excluding hydrogens is 398 g/mol. The third-order valence-corrected chi connectivity index (χ3v) is 4.97. The smallest absolute Gasteiger partial charge is 0.262 e. The van der Waals surface area contributed by atoms with Crippen molar-refractivity contribution in [3.8, 4) is 22.6 Å². The van der Waals surface area contributed by atoms with E-state index in [1.54, 1.807) is 0 Å². The molecule has 4 aromatic carbocycles. The molecule has 1 amide bonds. The number of carbonyl (C=O) groups excluding carboxylic acids is 1. The molecule has 0 fully saturated rings. The molecule has 4 heteroatoms. The highest BCUT2D eigenvalue weighted by molar-refractivity contribution is 5.91. The van der Waals surface area contributed by atoms with Crippen LogP contribution in [0.4, 0.5) is 5.69 Å². The molecule has 0 bridgehead atoms. The first-order chi connectivity index (χ1) is 15.8. The second kappa shape index (κ2) is 10.8. The van der Waals surface area contributed by atoms with Crippen LogP contribution >= 0.6 is 0 Å². The molecule has 0 saturated heterocycles. The predicted molar refractivity (Wildman–Crippen MR) is 128 cm³/mol. The minimum atomic E-state index is -0.213. The van der Waals surface area contributed by atoms with Crippen LogP contribution in [-0.2, 0) is 11.2 Å². The largest absolute Gasteiger partial charge is 0.493 e. The average Bonchev–Trinajstić information content (AvgIpc) is 2.85. The summed E-state index contributed by atoms with van der Waals surface area (Å²) in [4.78, 5) is 12.2. The van der Waals surface area contributed by atoms with Crippen molar-refractivity contribution in [2.24, 2.45) is 0 Å². The van der Waals surface area contributed by atoms with Gasteiger partial charge >= 0.3 is 0 Å².